The topological polar surface area (TPSA) is 0 Å². The minimum Gasteiger partial charge on any atom is -0.139 e. The van der Waals surface area contributed by atoms with Crippen molar-refractivity contribution in [3.63, 3.8) is 0 Å². The summed E-state index contributed by atoms with van der Waals surface area (Å²) in [6, 6.07) is 21.0. The lowest BCUT2D eigenvalue weighted by molar-refractivity contribution is 1.22. The number of rotatable bonds is 3. The van der Waals surface area contributed by atoms with Crippen molar-refractivity contribution >= 4 is 38.9 Å². The van der Waals surface area contributed by atoms with Gasteiger partial charge in [0.25, 0.3) is 0 Å². The molecule has 1 atom stereocenters. The second kappa shape index (κ2) is 6.35. The Bertz CT molecular complexity index is 746. The molecule has 0 amide bonds. The van der Waals surface area contributed by atoms with E-state index in [4.69, 9.17) is 11.6 Å². The lowest BCUT2D eigenvalue weighted by Crippen LogP contribution is -1.88. The van der Waals surface area contributed by atoms with Crippen molar-refractivity contribution in [2.75, 3.05) is 0 Å². The van der Waals surface area contributed by atoms with Gasteiger partial charge < -0.3 is 0 Å². The number of hydrogen-bond acceptors (Lipinski definition) is 1. The largest absolute Gasteiger partial charge is 0.139 e. The highest BCUT2D eigenvalue weighted by atomic mass is 79.9. The fourth-order valence-corrected chi connectivity index (χ4v) is 4.12. The van der Waals surface area contributed by atoms with E-state index in [1.807, 2.05) is 18.2 Å². The third kappa shape index (κ3) is 3.39. The van der Waals surface area contributed by atoms with Crippen LogP contribution in [0.4, 0.5) is 0 Å². The Hall–Kier alpha value is -1.09. The second-order valence-corrected chi connectivity index (χ2v) is 7.45. The first kappa shape index (κ1) is 14.8. The predicted octanol–water partition coefficient (Wildman–Crippen LogP) is 6.86. The molecule has 1 aromatic heterocycles. The van der Waals surface area contributed by atoms with Crippen LogP contribution in [0.3, 0.4) is 0 Å². The first-order valence-corrected chi connectivity index (χ1v) is 8.81. The molecular weight excluding hydrogens is 364 g/mol. The third-order valence-corrected chi connectivity index (χ3v) is 6.11. The van der Waals surface area contributed by atoms with Gasteiger partial charge in [-0.3, -0.25) is 0 Å². The number of thiophene rings is 1. The zero-order chi connectivity index (χ0) is 14.8. The van der Waals surface area contributed by atoms with Gasteiger partial charge in [-0.2, -0.15) is 0 Å². The maximum absolute atomic E-state index is 6.07. The zero-order valence-electron chi connectivity index (χ0n) is 11.5. The molecule has 3 rings (SSSR count). The van der Waals surface area contributed by atoms with Crippen molar-refractivity contribution in [3.8, 4) is 10.4 Å². The zero-order valence-corrected chi connectivity index (χ0v) is 14.7. The highest BCUT2D eigenvalue weighted by Gasteiger charge is 2.13. The summed E-state index contributed by atoms with van der Waals surface area (Å²) in [5, 5.41) is 0.774. The smallest absolute Gasteiger partial charge is 0.0738 e. The molecule has 0 radical (unpaired) electrons. The van der Waals surface area contributed by atoms with Crippen molar-refractivity contribution < 1.29 is 0 Å². The van der Waals surface area contributed by atoms with Crippen LogP contribution in [0, 0.1) is 6.92 Å². The Kier molecular flexibility index (Phi) is 4.48. The molecule has 3 aromatic rings. The Morgan fingerprint density at radius 2 is 1.76 bits per heavy atom. The number of alkyl halides is 1. The monoisotopic (exact) mass is 376 g/mol. The highest BCUT2D eigenvalue weighted by molar-refractivity contribution is 9.09. The van der Waals surface area contributed by atoms with Crippen LogP contribution < -0.4 is 0 Å². The van der Waals surface area contributed by atoms with Gasteiger partial charge in [0.2, 0.25) is 0 Å². The van der Waals surface area contributed by atoms with Crippen molar-refractivity contribution in [1.82, 2.24) is 0 Å². The number of aryl methyl sites for hydroxylation is 1. The Balaban J connectivity index is 1.89. The summed E-state index contributed by atoms with van der Waals surface area (Å²) in [7, 11) is 0. The molecule has 0 aliphatic rings. The van der Waals surface area contributed by atoms with Crippen LogP contribution in [0.5, 0.6) is 0 Å². The Labute approximate surface area is 142 Å². The van der Waals surface area contributed by atoms with E-state index < -0.39 is 0 Å². The summed E-state index contributed by atoms with van der Waals surface area (Å²) in [5.74, 6) is 0. The van der Waals surface area contributed by atoms with Crippen LogP contribution >= 0.6 is 38.9 Å². The second-order valence-electron chi connectivity index (χ2n) is 4.99. The normalized spacial score (nSPS) is 12.3. The van der Waals surface area contributed by atoms with E-state index in [0.29, 0.717) is 0 Å². The van der Waals surface area contributed by atoms with Crippen LogP contribution in [0.2, 0.25) is 5.02 Å². The van der Waals surface area contributed by atoms with Crippen LogP contribution in [0.15, 0.2) is 60.7 Å². The molecule has 21 heavy (non-hydrogen) atoms. The lowest BCUT2D eigenvalue weighted by Gasteiger charge is -2.08. The van der Waals surface area contributed by atoms with Gasteiger partial charge in [-0.15, -0.1) is 11.3 Å². The van der Waals surface area contributed by atoms with E-state index in [9.17, 15) is 0 Å². The average molecular weight is 378 g/mol. The van der Waals surface area contributed by atoms with E-state index >= 15 is 0 Å². The fraction of sp³-hybridized carbons (Fsp3) is 0.111. The molecule has 3 heteroatoms. The summed E-state index contributed by atoms with van der Waals surface area (Å²) in [6.07, 6.45) is 0. The number of halogens is 2. The lowest BCUT2D eigenvalue weighted by atomic mass is 10.1. The third-order valence-electron chi connectivity index (χ3n) is 3.36. The molecule has 1 unspecified atom stereocenters. The van der Waals surface area contributed by atoms with Gasteiger partial charge in [0.15, 0.2) is 0 Å². The molecule has 0 saturated carbocycles. The van der Waals surface area contributed by atoms with Crippen molar-refractivity contribution in [2.45, 2.75) is 11.8 Å². The van der Waals surface area contributed by atoms with Crippen molar-refractivity contribution in [2.24, 2.45) is 0 Å². The van der Waals surface area contributed by atoms with Gasteiger partial charge in [-0.05, 0) is 42.3 Å². The van der Waals surface area contributed by atoms with Gasteiger partial charge in [0.1, 0.15) is 0 Å². The molecule has 106 valence electrons. The number of benzene rings is 2. The van der Waals surface area contributed by atoms with Gasteiger partial charge >= 0.3 is 0 Å². The van der Waals surface area contributed by atoms with Gasteiger partial charge in [0, 0.05) is 14.8 Å². The van der Waals surface area contributed by atoms with E-state index in [0.717, 1.165) is 5.02 Å². The van der Waals surface area contributed by atoms with Crippen molar-refractivity contribution in [3.05, 3.63) is 81.7 Å². The molecule has 0 spiro atoms. The van der Waals surface area contributed by atoms with E-state index in [1.54, 1.807) is 11.3 Å². The Morgan fingerprint density at radius 3 is 2.48 bits per heavy atom. The van der Waals surface area contributed by atoms with Crippen LogP contribution in [-0.2, 0) is 0 Å². The fourth-order valence-electron chi connectivity index (χ4n) is 2.19. The molecule has 0 fully saturated rings. The summed E-state index contributed by atoms with van der Waals surface area (Å²) >= 11 is 11.7. The van der Waals surface area contributed by atoms with E-state index in [1.165, 1.54) is 26.4 Å². The first-order chi connectivity index (χ1) is 10.1. The molecule has 1 heterocycles. The predicted molar refractivity (Wildman–Crippen MR) is 96.7 cm³/mol. The average Bonchev–Trinajstić information content (AvgIpc) is 2.97. The van der Waals surface area contributed by atoms with Gasteiger partial charge in [-0.25, -0.2) is 0 Å². The number of hydrogen-bond donors (Lipinski definition) is 0. The summed E-state index contributed by atoms with van der Waals surface area (Å²) in [6.45, 7) is 2.11. The van der Waals surface area contributed by atoms with Crippen molar-refractivity contribution in [1.29, 1.82) is 0 Å². The Morgan fingerprint density at radius 1 is 1.00 bits per heavy atom. The minimum atomic E-state index is 0.232. The molecule has 0 aliphatic heterocycles. The quantitative estimate of drug-likeness (QED) is 0.437. The summed E-state index contributed by atoms with van der Waals surface area (Å²) < 4.78 is 0. The SMILES string of the molecule is Cc1ccc(C(Br)c2ccc(-c3cccc(Cl)c3)s2)cc1. The minimum absolute atomic E-state index is 0.232. The van der Waals surface area contributed by atoms with E-state index in [2.05, 4.69) is 65.3 Å². The molecule has 0 bridgehead atoms. The van der Waals surface area contributed by atoms with Crippen LogP contribution in [-0.4, -0.2) is 0 Å². The molecule has 0 saturated heterocycles. The first-order valence-electron chi connectivity index (χ1n) is 6.70. The molecular formula is C18H14BrClS. The maximum atomic E-state index is 6.07. The van der Waals surface area contributed by atoms with Crippen LogP contribution in [0.25, 0.3) is 10.4 Å². The highest BCUT2D eigenvalue weighted by Crippen LogP contribution is 2.39. The van der Waals surface area contributed by atoms with Gasteiger partial charge in [0.05, 0.1) is 4.83 Å². The van der Waals surface area contributed by atoms with Gasteiger partial charge in [-0.1, -0.05) is 69.5 Å². The molecule has 0 aliphatic carbocycles. The summed E-state index contributed by atoms with van der Waals surface area (Å²) in [5.41, 5.74) is 3.73. The maximum Gasteiger partial charge on any atom is 0.0738 e. The van der Waals surface area contributed by atoms with E-state index in [-0.39, 0.29) is 4.83 Å². The molecule has 2 aromatic carbocycles. The standard InChI is InChI=1S/C18H14BrClS/c1-12-5-7-13(8-6-12)18(19)17-10-9-16(21-17)14-3-2-4-15(20)11-14/h2-11,18H,1H3. The molecule has 0 N–H and O–H groups in total. The van der Waals surface area contributed by atoms with Crippen LogP contribution in [0.1, 0.15) is 20.8 Å². The molecule has 0 nitrogen and oxygen atoms in total. The summed E-state index contributed by atoms with van der Waals surface area (Å²) in [4.78, 5) is 2.77.